The third kappa shape index (κ3) is 4.13. The van der Waals surface area contributed by atoms with E-state index < -0.39 is 6.36 Å². The highest BCUT2D eigenvalue weighted by Crippen LogP contribution is 2.37. The first-order chi connectivity index (χ1) is 9.35. The Balaban J connectivity index is 1.96. The lowest BCUT2D eigenvalue weighted by molar-refractivity contribution is -0.274. The summed E-state index contributed by atoms with van der Waals surface area (Å²) >= 11 is 5.47. The molecule has 20 heavy (non-hydrogen) atoms. The second kappa shape index (κ2) is 6.04. The molecular formula is C14H14ClF3O2. The molecule has 0 amide bonds. The molecule has 2 nitrogen and oxygen atoms in total. The minimum absolute atomic E-state index is 0.0826. The predicted molar refractivity (Wildman–Crippen MR) is 68.7 cm³/mol. The maximum absolute atomic E-state index is 12.0. The Morgan fingerprint density at radius 2 is 1.65 bits per heavy atom. The van der Waals surface area contributed by atoms with Crippen LogP contribution in [0, 0.1) is 5.92 Å². The van der Waals surface area contributed by atoms with Crippen LogP contribution in [0.1, 0.15) is 37.2 Å². The van der Waals surface area contributed by atoms with Crippen molar-refractivity contribution in [2.75, 3.05) is 0 Å². The summed E-state index contributed by atoms with van der Waals surface area (Å²) in [6.45, 7) is 0. The summed E-state index contributed by atoms with van der Waals surface area (Å²) in [5.74, 6) is -0.0335. The highest BCUT2D eigenvalue weighted by Gasteiger charge is 2.31. The van der Waals surface area contributed by atoms with Crippen molar-refractivity contribution in [1.82, 2.24) is 0 Å². The molecule has 1 aliphatic carbocycles. The van der Waals surface area contributed by atoms with Crippen LogP contribution in [0.3, 0.4) is 0 Å². The van der Waals surface area contributed by atoms with Crippen molar-refractivity contribution in [2.24, 2.45) is 5.92 Å². The molecule has 0 saturated heterocycles. The minimum atomic E-state index is -4.67. The van der Waals surface area contributed by atoms with Gasteiger partial charge in [-0.1, -0.05) is 12.1 Å². The zero-order chi connectivity index (χ0) is 14.8. The zero-order valence-electron chi connectivity index (χ0n) is 10.6. The number of halogens is 4. The molecule has 1 aliphatic rings. The number of alkyl halides is 3. The molecule has 2 rings (SSSR count). The van der Waals surface area contributed by atoms with Gasteiger partial charge in [0.2, 0.25) is 5.24 Å². The maximum Gasteiger partial charge on any atom is 0.573 e. The van der Waals surface area contributed by atoms with Crippen molar-refractivity contribution in [1.29, 1.82) is 0 Å². The van der Waals surface area contributed by atoms with Gasteiger partial charge in [-0.3, -0.25) is 4.79 Å². The van der Waals surface area contributed by atoms with E-state index in [-0.39, 0.29) is 22.8 Å². The quantitative estimate of drug-likeness (QED) is 0.761. The minimum Gasteiger partial charge on any atom is -0.406 e. The van der Waals surface area contributed by atoms with Gasteiger partial charge >= 0.3 is 6.36 Å². The summed E-state index contributed by atoms with van der Waals surface area (Å²) < 4.78 is 40.0. The average molecular weight is 307 g/mol. The van der Waals surface area contributed by atoms with Gasteiger partial charge in [0, 0.05) is 5.92 Å². The van der Waals surface area contributed by atoms with Crippen molar-refractivity contribution < 1.29 is 22.7 Å². The molecule has 0 aromatic heterocycles. The Morgan fingerprint density at radius 1 is 1.10 bits per heavy atom. The fourth-order valence-corrected chi connectivity index (χ4v) is 2.81. The lowest BCUT2D eigenvalue weighted by Gasteiger charge is -2.26. The van der Waals surface area contributed by atoms with Crippen molar-refractivity contribution in [3.63, 3.8) is 0 Å². The summed E-state index contributed by atoms with van der Waals surface area (Å²) in [4.78, 5) is 11.1. The topological polar surface area (TPSA) is 26.3 Å². The second-order valence-electron chi connectivity index (χ2n) is 4.97. The van der Waals surface area contributed by atoms with Crippen molar-refractivity contribution >= 4 is 16.8 Å². The van der Waals surface area contributed by atoms with Crippen LogP contribution in [0.15, 0.2) is 24.3 Å². The van der Waals surface area contributed by atoms with Crippen LogP contribution in [0.5, 0.6) is 5.75 Å². The summed E-state index contributed by atoms with van der Waals surface area (Å²) in [6, 6.07) is 5.94. The van der Waals surface area contributed by atoms with Gasteiger partial charge in [0.25, 0.3) is 0 Å². The lowest BCUT2D eigenvalue weighted by atomic mass is 9.79. The van der Waals surface area contributed by atoms with Crippen LogP contribution in [-0.4, -0.2) is 11.6 Å². The number of carbonyl (C=O) groups excluding carboxylic acids is 1. The smallest absolute Gasteiger partial charge is 0.406 e. The van der Waals surface area contributed by atoms with E-state index in [0.717, 1.165) is 31.2 Å². The number of carbonyl (C=O) groups is 1. The Bertz CT molecular complexity index is 462. The second-order valence-corrected chi connectivity index (χ2v) is 5.34. The number of hydrogen-bond donors (Lipinski definition) is 0. The van der Waals surface area contributed by atoms with Gasteiger partial charge in [0.05, 0.1) is 0 Å². The molecule has 110 valence electrons. The van der Waals surface area contributed by atoms with E-state index in [9.17, 15) is 18.0 Å². The van der Waals surface area contributed by atoms with Crippen LogP contribution in [0.25, 0.3) is 0 Å². The number of ether oxygens (including phenoxy) is 1. The summed E-state index contributed by atoms with van der Waals surface area (Å²) in [5.41, 5.74) is 0.972. The van der Waals surface area contributed by atoms with E-state index in [1.165, 1.54) is 12.1 Å². The standard InChI is InChI=1S/C14H14ClF3O2/c15-13(19)11-3-1-9(2-4-11)10-5-7-12(8-6-10)20-14(16,17)18/h5-9,11H,1-4H2. The lowest BCUT2D eigenvalue weighted by Crippen LogP contribution is -2.18. The van der Waals surface area contributed by atoms with Crippen molar-refractivity contribution in [3.05, 3.63) is 29.8 Å². The molecule has 0 heterocycles. The van der Waals surface area contributed by atoms with E-state index in [1.807, 2.05) is 0 Å². The normalized spacial score (nSPS) is 23.4. The molecule has 0 bridgehead atoms. The molecule has 0 spiro atoms. The van der Waals surface area contributed by atoms with Crippen molar-refractivity contribution in [3.8, 4) is 5.75 Å². The van der Waals surface area contributed by atoms with Crippen LogP contribution in [0.4, 0.5) is 13.2 Å². The molecule has 0 radical (unpaired) electrons. The highest BCUT2D eigenvalue weighted by molar-refractivity contribution is 6.63. The Hall–Kier alpha value is -1.23. The van der Waals surface area contributed by atoms with Crippen LogP contribution in [0.2, 0.25) is 0 Å². The average Bonchev–Trinajstić information content (AvgIpc) is 2.38. The van der Waals surface area contributed by atoms with Gasteiger partial charge in [-0.15, -0.1) is 13.2 Å². The molecule has 1 aromatic rings. The van der Waals surface area contributed by atoms with Crippen molar-refractivity contribution in [2.45, 2.75) is 38.0 Å². The first-order valence-electron chi connectivity index (χ1n) is 6.40. The number of benzene rings is 1. The van der Waals surface area contributed by atoms with Gasteiger partial charge in [0.15, 0.2) is 0 Å². The molecule has 1 fully saturated rings. The first kappa shape index (κ1) is 15.2. The number of rotatable bonds is 3. The van der Waals surface area contributed by atoms with E-state index in [2.05, 4.69) is 4.74 Å². The van der Waals surface area contributed by atoms with Gasteiger partial charge in [-0.05, 0) is 60.9 Å². The Labute approximate surface area is 119 Å². The Morgan fingerprint density at radius 3 is 2.10 bits per heavy atom. The molecule has 0 unspecified atom stereocenters. The van der Waals surface area contributed by atoms with E-state index in [1.54, 1.807) is 12.1 Å². The summed E-state index contributed by atoms with van der Waals surface area (Å²) in [7, 11) is 0. The van der Waals surface area contributed by atoms with Crippen LogP contribution in [-0.2, 0) is 4.79 Å². The first-order valence-corrected chi connectivity index (χ1v) is 6.78. The summed E-state index contributed by atoms with van der Waals surface area (Å²) in [6.07, 6.45) is -1.56. The molecule has 0 aliphatic heterocycles. The van der Waals surface area contributed by atoms with Gasteiger partial charge in [0.1, 0.15) is 5.75 Å². The van der Waals surface area contributed by atoms with E-state index in [4.69, 9.17) is 11.6 Å². The van der Waals surface area contributed by atoms with E-state index >= 15 is 0 Å². The van der Waals surface area contributed by atoms with Crippen LogP contribution >= 0.6 is 11.6 Å². The third-order valence-electron chi connectivity index (χ3n) is 3.63. The number of hydrogen-bond acceptors (Lipinski definition) is 2. The Kier molecular flexibility index (Phi) is 4.58. The molecule has 0 N–H and O–H groups in total. The zero-order valence-corrected chi connectivity index (χ0v) is 11.4. The maximum atomic E-state index is 12.0. The van der Waals surface area contributed by atoms with Crippen LogP contribution < -0.4 is 4.74 Å². The van der Waals surface area contributed by atoms with Gasteiger partial charge in [-0.2, -0.15) is 0 Å². The largest absolute Gasteiger partial charge is 0.573 e. The van der Waals surface area contributed by atoms with E-state index in [0.29, 0.717) is 0 Å². The molecule has 1 aromatic carbocycles. The fraction of sp³-hybridized carbons (Fsp3) is 0.500. The van der Waals surface area contributed by atoms with Gasteiger partial charge in [-0.25, -0.2) is 0 Å². The molecule has 0 atom stereocenters. The molecule has 1 saturated carbocycles. The predicted octanol–water partition coefficient (Wildman–Crippen LogP) is 4.62. The fourth-order valence-electron chi connectivity index (χ4n) is 2.60. The van der Waals surface area contributed by atoms with Gasteiger partial charge < -0.3 is 4.74 Å². The molecule has 6 heteroatoms. The molecular weight excluding hydrogens is 293 g/mol. The summed E-state index contributed by atoms with van der Waals surface area (Å²) in [5, 5.41) is -0.294. The highest BCUT2D eigenvalue weighted by atomic mass is 35.5. The third-order valence-corrected chi connectivity index (χ3v) is 3.94. The monoisotopic (exact) mass is 306 g/mol. The SMILES string of the molecule is O=C(Cl)C1CCC(c2ccc(OC(F)(F)F)cc2)CC1.